The van der Waals surface area contributed by atoms with Gasteiger partial charge in [-0.2, -0.15) is 0 Å². The molecule has 0 amide bonds. The van der Waals surface area contributed by atoms with Crippen LogP contribution in [0.25, 0.3) is 0 Å². The molecule has 0 fully saturated rings. The third-order valence-electron chi connectivity index (χ3n) is 5.61. The minimum absolute atomic E-state index is 0.133. The lowest BCUT2D eigenvalue weighted by Gasteiger charge is -2.42. The average Bonchev–Trinajstić information content (AvgIpc) is 2.38. The normalized spacial score (nSPS) is 21.4. The molecule has 0 aromatic rings. The highest BCUT2D eigenvalue weighted by Crippen LogP contribution is 2.49. The number of halogens is 1. The minimum atomic E-state index is -1.81. The molecule has 0 spiro atoms. The minimum Gasteiger partial charge on any atom is -0.548 e. The highest BCUT2D eigenvalue weighted by molar-refractivity contribution is 14.1. The first-order valence-corrected chi connectivity index (χ1v) is 11.9. The molecule has 0 unspecified atom stereocenters. The van der Waals surface area contributed by atoms with Gasteiger partial charge in [-0.25, -0.2) is 0 Å². The number of hydrogen-bond donors (Lipinski definition) is 0. The smallest absolute Gasteiger partial charge is 0.257 e. The highest BCUT2D eigenvalue weighted by Gasteiger charge is 2.46. The van der Waals surface area contributed by atoms with Gasteiger partial charge in [0, 0.05) is 5.41 Å². The molecule has 0 aliphatic heterocycles. The summed E-state index contributed by atoms with van der Waals surface area (Å²) in [5.41, 5.74) is 5.05. The molecule has 0 aromatic heterocycles. The van der Waals surface area contributed by atoms with E-state index in [-0.39, 0.29) is 5.41 Å². The van der Waals surface area contributed by atoms with Crippen molar-refractivity contribution in [3.63, 3.8) is 0 Å². The highest BCUT2D eigenvalue weighted by atomic mass is 127. The van der Waals surface area contributed by atoms with E-state index in [9.17, 15) is 0 Å². The van der Waals surface area contributed by atoms with Crippen LogP contribution in [0, 0.1) is 5.41 Å². The first-order valence-electron chi connectivity index (χ1n) is 8.70. The fourth-order valence-corrected chi connectivity index (χ4v) is 9.99. The van der Waals surface area contributed by atoms with Crippen LogP contribution in [0.5, 0.6) is 0 Å². The van der Waals surface area contributed by atoms with Gasteiger partial charge in [0.25, 0.3) is 8.32 Å². The molecule has 0 aromatic carbocycles. The maximum absolute atomic E-state index is 6.72. The van der Waals surface area contributed by atoms with E-state index in [2.05, 4.69) is 91.2 Å². The first kappa shape index (κ1) is 20.3. The van der Waals surface area contributed by atoms with E-state index >= 15 is 0 Å². The Morgan fingerprint density at radius 2 is 1.45 bits per heavy atom. The maximum Gasteiger partial charge on any atom is 0.257 e. The summed E-state index contributed by atoms with van der Waals surface area (Å²) >= 11 is 2.54. The standard InChI is InChI=1S/C19H35IOSi/c1-13(2)22(14(3)4,15(5)6)21-12-17-11-10-16(7)18(20)19(17,8)9/h12-15H,10-11H2,1-9H3/b17-12-. The summed E-state index contributed by atoms with van der Waals surface area (Å²) in [7, 11) is -1.81. The topological polar surface area (TPSA) is 9.23 Å². The molecule has 3 heteroatoms. The van der Waals surface area contributed by atoms with Crippen LogP contribution < -0.4 is 0 Å². The molecular weight excluding hydrogens is 399 g/mol. The molecule has 0 saturated heterocycles. The summed E-state index contributed by atoms with van der Waals surface area (Å²) in [6.45, 7) is 21.1. The van der Waals surface area contributed by atoms with Crippen LogP contribution in [0.1, 0.15) is 75.2 Å². The van der Waals surface area contributed by atoms with Gasteiger partial charge in [0.2, 0.25) is 0 Å². The van der Waals surface area contributed by atoms with E-state index in [4.69, 9.17) is 4.43 Å². The summed E-state index contributed by atoms with van der Waals surface area (Å²) in [4.78, 5) is 0. The molecule has 1 rings (SSSR count). The molecule has 0 radical (unpaired) electrons. The largest absolute Gasteiger partial charge is 0.548 e. The Labute approximate surface area is 153 Å². The van der Waals surface area contributed by atoms with Crippen LogP contribution in [0.4, 0.5) is 0 Å². The van der Waals surface area contributed by atoms with Crippen LogP contribution in [0.3, 0.4) is 0 Å². The molecule has 1 aliphatic rings. The zero-order valence-corrected chi connectivity index (χ0v) is 19.2. The van der Waals surface area contributed by atoms with Crippen molar-refractivity contribution in [2.24, 2.45) is 5.41 Å². The first-order chi connectivity index (χ1) is 9.97. The fraction of sp³-hybridized carbons (Fsp3) is 0.789. The van der Waals surface area contributed by atoms with E-state index in [1.807, 2.05) is 0 Å². The summed E-state index contributed by atoms with van der Waals surface area (Å²) in [6, 6.07) is 0. The fourth-order valence-electron chi connectivity index (χ4n) is 4.21. The Morgan fingerprint density at radius 3 is 1.86 bits per heavy atom. The Bertz CT molecular complexity index is 436. The second-order valence-electron chi connectivity index (χ2n) is 8.30. The van der Waals surface area contributed by atoms with Crippen molar-refractivity contribution < 1.29 is 4.43 Å². The van der Waals surface area contributed by atoms with Crippen molar-refractivity contribution in [1.29, 1.82) is 0 Å². The SMILES string of the molecule is CC1=C(I)C(C)(C)/C(=C\O[Si](C(C)C)(C(C)C)C(C)C)CC1. The van der Waals surface area contributed by atoms with Crippen molar-refractivity contribution in [2.75, 3.05) is 0 Å². The molecular formula is C19H35IOSi. The van der Waals surface area contributed by atoms with E-state index in [0.717, 1.165) is 6.42 Å². The third kappa shape index (κ3) is 3.66. The maximum atomic E-state index is 6.72. The Kier molecular flexibility index (Phi) is 6.83. The van der Waals surface area contributed by atoms with Crippen molar-refractivity contribution in [2.45, 2.75) is 91.8 Å². The lowest BCUT2D eigenvalue weighted by molar-refractivity contribution is 0.390. The Hall–Kier alpha value is 0.227. The van der Waals surface area contributed by atoms with E-state index in [1.54, 1.807) is 5.57 Å². The lowest BCUT2D eigenvalue weighted by atomic mass is 9.76. The Morgan fingerprint density at radius 1 is 1.00 bits per heavy atom. The van der Waals surface area contributed by atoms with Crippen molar-refractivity contribution in [1.82, 2.24) is 0 Å². The molecule has 0 N–H and O–H groups in total. The summed E-state index contributed by atoms with van der Waals surface area (Å²) < 4.78 is 8.22. The predicted octanol–water partition coefficient (Wildman–Crippen LogP) is 7.59. The van der Waals surface area contributed by atoms with Crippen molar-refractivity contribution in [3.05, 3.63) is 21.0 Å². The number of hydrogen-bond acceptors (Lipinski definition) is 1. The Balaban J connectivity index is 3.17. The second-order valence-corrected chi connectivity index (χ2v) is 14.8. The van der Waals surface area contributed by atoms with Crippen molar-refractivity contribution >= 4 is 30.9 Å². The van der Waals surface area contributed by atoms with Crippen LogP contribution in [0.2, 0.25) is 16.6 Å². The van der Waals surface area contributed by atoms with Gasteiger partial charge in [-0.15, -0.1) is 0 Å². The zero-order chi connectivity index (χ0) is 17.3. The van der Waals surface area contributed by atoms with Gasteiger partial charge >= 0.3 is 0 Å². The van der Waals surface area contributed by atoms with Crippen LogP contribution >= 0.6 is 22.6 Å². The lowest BCUT2D eigenvalue weighted by Crippen LogP contribution is -2.46. The molecule has 128 valence electrons. The molecule has 0 saturated carbocycles. The molecule has 0 bridgehead atoms. The molecule has 1 aliphatic carbocycles. The van der Waals surface area contributed by atoms with E-state index in [0.29, 0.717) is 16.6 Å². The van der Waals surface area contributed by atoms with Crippen molar-refractivity contribution in [3.8, 4) is 0 Å². The number of rotatable bonds is 5. The van der Waals surface area contributed by atoms with E-state index < -0.39 is 8.32 Å². The van der Waals surface area contributed by atoms with Gasteiger partial charge in [-0.05, 0) is 68.1 Å². The monoisotopic (exact) mass is 434 g/mol. The van der Waals surface area contributed by atoms with Crippen LogP contribution in [-0.2, 0) is 4.43 Å². The van der Waals surface area contributed by atoms with Gasteiger partial charge in [0.05, 0.1) is 6.26 Å². The van der Waals surface area contributed by atoms with Crippen LogP contribution in [0.15, 0.2) is 21.0 Å². The molecule has 1 nitrogen and oxygen atoms in total. The quantitative estimate of drug-likeness (QED) is 0.246. The average molecular weight is 434 g/mol. The zero-order valence-electron chi connectivity index (χ0n) is 16.0. The van der Waals surface area contributed by atoms with Gasteiger partial charge in [0.15, 0.2) is 0 Å². The number of allylic oxidation sites excluding steroid dienone is 3. The molecule has 22 heavy (non-hydrogen) atoms. The van der Waals surface area contributed by atoms with E-state index in [1.165, 1.54) is 15.6 Å². The van der Waals surface area contributed by atoms with Gasteiger partial charge in [-0.1, -0.05) is 61.0 Å². The van der Waals surface area contributed by atoms with Gasteiger partial charge < -0.3 is 4.43 Å². The summed E-state index contributed by atoms with van der Waals surface area (Å²) in [5.74, 6) is 0. The molecule has 0 atom stereocenters. The third-order valence-corrected chi connectivity index (χ3v) is 13.8. The molecule has 0 heterocycles. The summed E-state index contributed by atoms with van der Waals surface area (Å²) in [5, 5.41) is 0. The summed E-state index contributed by atoms with van der Waals surface area (Å²) in [6.07, 6.45) is 4.50. The van der Waals surface area contributed by atoms with Crippen LogP contribution in [-0.4, -0.2) is 8.32 Å². The van der Waals surface area contributed by atoms with Gasteiger partial charge in [-0.3, -0.25) is 0 Å². The second kappa shape index (κ2) is 7.41. The predicted molar refractivity (Wildman–Crippen MR) is 110 cm³/mol. The van der Waals surface area contributed by atoms with Gasteiger partial charge in [0.1, 0.15) is 0 Å².